The fraction of sp³-hybridized carbons (Fsp3) is 0.571. The van der Waals surface area contributed by atoms with Gasteiger partial charge >= 0.3 is 0 Å². The quantitative estimate of drug-likeness (QED) is 0.902. The van der Waals surface area contributed by atoms with Crippen LogP contribution < -0.4 is 5.32 Å². The molecule has 3 heteroatoms. The van der Waals surface area contributed by atoms with Gasteiger partial charge in [-0.1, -0.05) is 28.1 Å². The van der Waals surface area contributed by atoms with Crippen LogP contribution in [0, 0.1) is 0 Å². The Balaban J connectivity index is 1.79. The van der Waals surface area contributed by atoms with Crippen LogP contribution in [0.2, 0.25) is 0 Å². The Morgan fingerprint density at radius 3 is 2.76 bits per heavy atom. The zero-order valence-electron chi connectivity index (χ0n) is 10.2. The summed E-state index contributed by atoms with van der Waals surface area (Å²) >= 11 is 3.74. The van der Waals surface area contributed by atoms with Gasteiger partial charge in [0, 0.05) is 29.5 Å². The van der Waals surface area contributed by atoms with Crippen molar-refractivity contribution >= 4 is 15.9 Å². The van der Waals surface area contributed by atoms with Gasteiger partial charge in [0.2, 0.25) is 0 Å². The largest absolute Gasteiger partial charge is 0.310 e. The molecule has 17 heavy (non-hydrogen) atoms. The third kappa shape index (κ3) is 2.28. The van der Waals surface area contributed by atoms with E-state index in [2.05, 4.69) is 51.4 Å². The highest BCUT2D eigenvalue weighted by Gasteiger charge is 2.27. The maximum Gasteiger partial charge on any atom is 0.0321 e. The first-order chi connectivity index (χ1) is 8.24. The first-order valence-electron chi connectivity index (χ1n) is 6.45. The number of hydrogen-bond donors (Lipinski definition) is 1. The van der Waals surface area contributed by atoms with Crippen LogP contribution in [0.15, 0.2) is 22.7 Å². The number of likely N-dealkylation sites (N-methyl/N-ethyl adjacent to an activating group) is 1. The van der Waals surface area contributed by atoms with Gasteiger partial charge in [-0.3, -0.25) is 0 Å². The molecule has 2 nitrogen and oxygen atoms in total. The van der Waals surface area contributed by atoms with E-state index in [0.717, 1.165) is 12.5 Å². The molecule has 2 heterocycles. The van der Waals surface area contributed by atoms with Crippen LogP contribution in [-0.2, 0) is 0 Å². The van der Waals surface area contributed by atoms with Gasteiger partial charge in [0.15, 0.2) is 0 Å². The number of nitrogens with one attached hydrogen (secondary N) is 1. The van der Waals surface area contributed by atoms with Crippen LogP contribution in [0.1, 0.15) is 35.9 Å². The number of likely N-dealkylation sites (tertiary alicyclic amines) is 1. The maximum atomic E-state index is 3.74. The van der Waals surface area contributed by atoms with Gasteiger partial charge in [-0.25, -0.2) is 0 Å². The monoisotopic (exact) mass is 294 g/mol. The molecule has 1 N–H and O–H groups in total. The number of nitrogens with zero attached hydrogens (tertiary/aromatic N) is 1. The molecule has 2 fully saturated rings. The van der Waals surface area contributed by atoms with Crippen molar-refractivity contribution in [3.63, 3.8) is 0 Å². The number of hydrogen-bond acceptors (Lipinski definition) is 2. The summed E-state index contributed by atoms with van der Waals surface area (Å²) in [7, 11) is 2.18. The van der Waals surface area contributed by atoms with Gasteiger partial charge in [-0.05, 0) is 43.6 Å². The van der Waals surface area contributed by atoms with Gasteiger partial charge in [-0.2, -0.15) is 0 Å². The van der Waals surface area contributed by atoms with Crippen molar-refractivity contribution in [3.8, 4) is 0 Å². The molecular formula is C14H19BrN2. The lowest BCUT2D eigenvalue weighted by Crippen LogP contribution is -2.41. The highest BCUT2D eigenvalue weighted by Crippen LogP contribution is 2.34. The first kappa shape index (κ1) is 11.7. The molecule has 0 amide bonds. The zero-order valence-corrected chi connectivity index (χ0v) is 11.8. The summed E-state index contributed by atoms with van der Waals surface area (Å²) < 4.78 is 1.29. The number of benzene rings is 1. The van der Waals surface area contributed by atoms with Crippen LogP contribution in [0.4, 0.5) is 0 Å². The Morgan fingerprint density at radius 1 is 1.35 bits per heavy atom. The van der Waals surface area contributed by atoms with Gasteiger partial charge in [0.05, 0.1) is 0 Å². The summed E-state index contributed by atoms with van der Waals surface area (Å²) in [5, 5.41) is 3.55. The highest BCUT2D eigenvalue weighted by molar-refractivity contribution is 9.10. The molecule has 1 unspecified atom stereocenters. The number of halogens is 1. The molecule has 2 aliphatic rings. The van der Waals surface area contributed by atoms with Crippen molar-refractivity contribution in [2.24, 2.45) is 0 Å². The van der Waals surface area contributed by atoms with Crippen LogP contribution in [-0.4, -0.2) is 31.6 Å². The topological polar surface area (TPSA) is 15.3 Å². The average Bonchev–Trinajstić information content (AvgIpc) is 2.78. The Labute approximate surface area is 112 Å². The molecule has 2 saturated heterocycles. The van der Waals surface area contributed by atoms with Crippen molar-refractivity contribution in [1.82, 2.24) is 10.2 Å². The van der Waals surface area contributed by atoms with E-state index in [4.69, 9.17) is 0 Å². The molecule has 0 bridgehead atoms. The molecule has 92 valence electrons. The summed E-state index contributed by atoms with van der Waals surface area (Å²) in [6.45, 7) is 3.55. The molecule has 3 rings (SSSR count). The standard InChI is InChI=1S/C14H19BrN2/c1-17-8-11(9-17)12-5-4-10(7-13(12)15)14-3-2-6-16-14/h4-5,7,11,14,16H,2-3,6,8-9H2,1H3. The van der Waals surface area contributed by atoms with E-state index in [0.29, 0.717) is 6.04 Å². The fourth-order valence-electron chi connectivity index (χ4n) is 2.96. The molecule has 1 aromatic carbocycles. The minimum Gasteiger partial charge on any atom is -0.310 e. The SMILES string of the molecule is CN1CC(c2ccc(C3CCCN3)cc2Br)C1. The van der Waals surface area contributed by atoms with Crippen molar-refractivity contribution in [2.75, 3.05) is 26.7 Å². The lowest BCUT2D eigenvalue weighted by atomic mass is 9.90. The first-order valence-corrected chi connectivity index (χ1v) is 7.24. The average molecular weight is 295 g/mol. The molecule has 1 aromatic rings. The summed E-state index contributed by atoms with van der Waals surface area (Å²) in [5.41, 5.74) is 2.91. The van der Waals surface area contributed by atoms with E-state index in [1.54, 1.807) is 0 Å². The number of rotatable bonds is 2. The van der Waals surface area contributed by atoms with Gasteiger partial charge in [0.1, 0.15) is 0 Å². The highest BCUT2D eigenvalue weighted by atomic mass is 79.9. The van der Waals surface area contributed by atoms with Crippen LogP contribution >= 0.6 is 15.9 Å². The van der Waals surface area contributed by atoms with Crippen molar-refractivity contribution < 1.29 is 0 Å². The predicted octanol–water partition coefficient (Wildman–Crippen LogP) is 2.90. The Kier molecular flexibility index (Phi) is 3.24. The molecular weight excluding hydrogens is 276 g/mol. The Hall–Kier alpha value is -0.380. The normalized spacial score (nSPS) is 26.1. The summed E-state index contributed by atoms with van der Waals surface area (Å²) in [6.07, 6.45) is 2.58. The second-order valence-electron chi connectivity index (χ2n) is 5.35. The van der Waals surface area contributed by atoms with Crippen LogP contribution in [0.25, 0.3) is 0 Å². The molecule has 0 saturated carbocycles. The predicted molar refractivity (Wildman–Crippen MR) is 74.4 cm³/mol. The third-order valence-electron chi connectivity index (χ3n) is 3.99. The lowest BCUT2D eigenvalue weighted by Gasteiger charge is -2.37. The molecule has 2 aliphatic heterocycles. The second kappa shape index (κ2) is 4.71. The minimum absolute atomic E-state index is 0.574. The van der Waals surface area contributed by atoms with E-state index in [1.165, 1.54) is 41.5 Å². The van der Waals surface area contributed by atoms with Crippen LogP contribution in [0.3, 0.4) is 0 Å². The van der Waals surface area contributed by atoms with Crippen molar-refractivity contribution in [1.29, 1.82) is 0 Å². The van der Waals surface area contributed by atoms with E-state index in [-0.39, 0.29) is 0 Å². The van der Waals surface area contributed by atoms with E-state index in [9.17, 15) is 0 Å². The lowest BCUT2D eigenvalue weighted by molar-refractivity contribution is 0.189. The Morgan fingerprint density at radius 2 is 2.18 bits per heavy atom. The summed E-state index contributed by atoms with van der Waals surface area (Å²) in [5.74, 6) is 0.722. The molecule has 0 spiro atoms. The second-order valence-corrected chi connectivity index (χ2v) is 6.20. The molecule has 0 radical (unpaired) electrons. The summed E-state index contributed by atoms with van der Waals surface area (Å²) in [6, 6.07) is 7.51. The third-order valence-corrected chi connectivity index (χ3v) is 4.68. The van der Waals surface area contributed by atoms with Crippen molar-refractivity contribution in [3.05, 3.63) is 33.8 Å². The molecule has 0 aromatic heterocycles. The molecule has 0 aliphatic carbocycles. The van der Waals surface area contributed by atoms with E-state index >= 15 is 0 Å². The smallest absolute Gasteiger partial charge is 0.0321 e. The summed E-state index contributed by atoms with van der Waals surface area (Å²) in [4.78, 5) is 2.36. The minimum atomic E-state index is 0.574. The fourth-order valence-corrected chi connectivity index (χ4v) is 3.68. The van der Waals surface area contributed by atoms with Gasteiger partial charge in [0.25, 0.3) is 0 Å². The molecule has 1 atom stereocenters. The maximum absolute atomic E-state index is 3.74. The zero-order chi connectivity index (χ0) is 11.8. The van der Waals surface area contributed by atoms with Gasteiger partial charge in [-0.15, -0.1) is 0 Å². The van der Waals surface area contributed by atoms with E-state index in [1.807, 2.05) is 0 Å². The van der Waals surface area contributed by atoms with Crippen LogP contribution in [0.5, 0.6) is 0 Å². The Bertz CT molecular complexity index is 407. The van der Waals surface area contributed by atoms with E-state index < -0.39 is 0 Å². The van der Waals surface area contributed by atoms with Gasteiger partial charge < -0.3 is 10.2 Å². The van der Waals surface area contributed by atoms with Crippen molar-refractivity contribution in [2.45, 2.75) is 24.8 Å².